The zero-order chi connectivity index (χ0) is 11.4. The SMILES string of the molecule is Cc1cccc(O)c1N=Cc1ccccn1. The van der Waals surface area contributed by atoms with Crippen molar-refractivity contribution in [1.82, 2.24) is 4.98 Å². The minimum absolute atomic E-state index is 0.187. The van der Waals surface area contributed by atoms with Gasteiger partial charge in [0.2, 0.25) is 0 Å². The molecule has 2 rings (SSSR count). The van der Waals surface area contributed by atoms with Gasteiger partial charge in [0, 0.05) is 6.20 Å². The maximum Gasteiger partial charge on any atom is 0.141 e. The van der Waals surface area contributed by atoms with Crippen molar-refractivity contribution < 1.29 is 5.11 Å². The summed E-state index contributed by atoms with van der Waals surface area (Å²) in [4.78, 5) is 8.36. The molecule has 0 amide bonds. The van der Waals surface area contributed by atoms with Crippen LogP contribution in [0, 0.1) is 6.92 Å². The third-order valence-corrected chi connectivity index (χ3v) is 2.23. The normalized spacial score (nSPS) is 10.8. The van der Waals surface area contributed by atoms with Gasteiger partial charge in [-0.25, -0.2) is 0 Å². The molecule has 3 heteroatoms. The number of para-hydroxylation sites is 1. The van der Waals surface area contributed by atoms with Crippen LogP contribution in [0.4, 0.5) is 5.69 Å². The number of aryl methyl sites for hydroxylation is 1. The number of aliphatic imine (C=N–C) groups is 1. The molecule has 1 aromatic carbocycles. The van der Waals surface area contributed by atoms with Crippen molar-refractivity contribution in [1.29, 1.82) is 0 Å². The Kier molecular flexibility index (Phi) is 2.96. The fourth-order valence-corrected chi connectivity index (χ4v) is 1.39. The van der Waals surface area contributed by atoms with E-state index in [1.54, 1.807) is 24.5 Å². The third kappa shape index (κ3) is 2.25. The van der Waals surface area contributed by atoms with Gasteiger partial charge >= 0.3 is 0 Å². The molecule has 0 spiro atoms. The first-order valence-electron chi connectivity index (χ1n) is 5.01. The molecule has 1 N–H and O–H groups in total. The van der Waals surface area contributed by atoms with Gasteiger partial charge in [0.15, 0.2) is 0 Å². The van der Waals surface area contributed by atoms with Crippen LogP contribution in [0.1, 0.15) is 11.3 Å². The van der Waals surface area contributed by atoms with Crippen LogP contribution in [-0.4, -0.2) is 16.3 Å². The molecule has 0 aliphatic carbocycles. The van der Waals surface area contributed by atoms with E-state index in [1.165, 1.54) is 0 Å². The zero-order valence-electron chi connectivity index (χ0n) is 8.96. The highest BCUT2D eigenvalue weighted by Crippen LogP contribution is 2.29. The van der Waals surface area contributed by atoms with Gasteiger partial charge in [-0.05, 0) is 30.7 Å². The first-order chi connectivity index (χ1) is 7.77. The molecule has 2 aromatic rings. The standard InChI is InChI=1S/C13H12N2O/c1-10-5-4-7-12(16)13(10)15-9-11-6-2-3-8-14-11/h2-9,16H,1H3. The Morgan fingerprint density at radius 2 is 2.06 bits per heavy atom. The summed E-state index contributed by atoms with van der Waals surface area (Å²) in [6.07, 6.45) is 3.35. The molecule has 3 nitrogen and oxygen atoms in total. The Morgan fingerprint density at radius 1 is 1.19 bits per heavy atom. The topological polar surface area (TPSA) is 45.5 Å². The molecule has 0 radical (unpaired) electrons. The molecular formula is C13H12N2O. The molecule has 0 saturated carbocycles. The third-order valence-electron chi connectivity index (χ3n) is 2.23. The van der Waals surface area contributed by atoms with Crippen LogP contribution >= 0.6 is 0 Å². The number of hydrogen-bond acceptors (Lipinski definition) is 3. The number of pyridine rings is 1. The smallest absolute Gasteiger partial charge is 0.141 e. The average Bonchev–Trinajstić information content (AvgIpc) is 2.30. The Balaban J connectivity index is 2.31. The molecular weight excluding hydrogens is 200 g/mol. The Hall–Kier alpha value is -2.16. The maximum absolute atomic E-state index is 9.64. The number of phenols is 1. The van der Waals surface area contributed by atoms with Crippen LogP contribution in [0.25, 0.3) is 0 Å². The lowest BCUT2D eigenvalue weighted by Crippen LogP contribution is -1.85. The summed E-state index contributed by atoms with van der Waals surface area (Å²) in [5.74, 6) is 0.187. The van der Waals surface area contributed by atoms with E-state index in [4.69, 9.17) is 0 Å². The van der Waals surface area contributed by atoms with Crippen molar-refractivity contribution in [2.75, 3.05) is 0 Å². The molecule has 0 bridgehead atoms. The van der Waals surface area contributed by atoms with Crippen molar-refractivity contribution in [3.8, 4) is 5.75 Å². The summed E-state index contributed by atoms with van der Waals surface area (Å²) in [5.41, 5.74) is 2.30. The molecule has 0 saturated heterocycles. The highest BCUT2D eigenvalue weighted by Gasteiger charge is 2.00. The molecule has 0 atom stereocenters. The van der Waals surface area contributed by atoms with E-state index in [0.29, 0.717) is 5.69 Å². The van der Waals surface area contributed by atoms with E-state index in [9.17, 15) is 5.11 Å². The molecule has 0 aliphatic heterocycles. The highest BCUT2D eigenvalue weighted by molar-refractivity contribution is 5.80. The lowest BCUT2D eigenvalue weighted by atomic mass is 10.2. The summed E-state index contributed by atoms with van der Waals surface area (Å²) in [7, 11) is 0. The second-order valence-electron chi connectivity index (χ2n) is 3.46. The zero-order valence-corrected chi connectivity index (χ0v) is 8.96. The lowest BCUT2D eigenvalue weighted by molar-refractivity contribution is 0.476. The van der Waals surface area contributed by atoms with Gasteiger partial charge in [0.05, 0.1) is 11.9 Å². The van der Waals surface area contributed by atoms with Crippen molar-refractivity contribution in [3.63, 3.8) is 0 Å². The van der Waals surface area contributed by atoms with Crippen molar-refractivity contribution in [2.24, 2.45) is 4.99 Å². The number of aromatic hydroxyl groups is 1. The Morgan fingerprint density at radius 3 is 2.75 bits per heavy atom. The van der Waals surface area contributed by atoms with Crippen LogP contribution in [0.2, 0.25) is 0 Å². The molecule has 80 valence electrons. The number of aromatic nitrogens is 1. The lowest BCUT2D eigenvalue weighted by Gasteiger charge is -2.01. The number of benzene rings is 1. The summed E-state index contributed by atoms with van der Waals surface area (Å²) < 4.78 is 0. The molecule has 16 heavy (non-hydrogen) atoms. The Bertz CT molecular complexity index is 486. The monoisotopic (exact) mass is 212 g/mol. The number of rotatable bonds is 2. The van der Waals surface area contributed by atoms with Crippen molar-refractivity contribution in [3.05, 3.63) is 53.9 Å². The van der Waals surface area contributed by atoms with Crippen LogP contribution in [-0.2, 0) is 0 Å². The van der Waals surface area contributed by atoms with Crippen LogP contribution in [0.5, 0.6) is 5.75 Å². The maximum atomic E-state index is 9.64. The Labute approximate surface area is 94.1 Å². The molecule has 1 aromatic heterocycles. The van der Waals surface area contributed by atoms with Gasteiger partial charge in [0.25, 0.3) is 0 Å². The number of phenolic OH excluding ortho intramolecular Hbond substituents is 1. The number of nitrogens with zero attached hydrogens (tertiary/aromatic N) is 2. The quantitative estimate of drug-likeness (QED) is 0.778. The van der Waals surface area contributed by atoms with Gasteiger partial charge in [-0.3, -0.25) is 9.98 Å². The predicted octanol–water partition coefficient (Wildman–Crippen LogP) is 2.85. The minimum Gasteiger partial charge on any atom is -0.506 e. The van der Waals surface area contributed by atoms with Gasteiger partial charge < -0.3 is 5.11 Å². The fraction of sp³-hybridized carbons (Fsp3) is 0.0769. The average molecular weight is 212 g/mol. The van der Waals surface area contributed by atoms with E-state index in [-0.39, 0.29) is 5.75 Å². The number of hydrogen-bond donors (Lipinski definition) is 1. The van der Waals surface area contributed by atoms with E-state index in [0.717, 1.165) is 11.3 Å². The fourth-order valence-electron chi connectivity index (χ4n) is 1.39. The summed E-state index contributed by atoms with van der Waals surface area (Å²) in [6.45, 7) is 1.91. The highest BCUT2D eigenvalue weighted by atomic mass is 16.3. The van der Waals surface area contributed by atoms with Gasteiger partial charge in [0.1, 0.15) is 11.4 Å². The summed E-state index contributed by atoms with van der Waals surface area (Å²) in [6, 6.07) is 10.9. The molecule has 0 unspecified atom stereocenters. The van der Waals surface area contributed by atoms with Crippen LogP contribution in [0.15, 0.2) is 47.6 Å². The van der Waals surface area contributed by atoms with E-state index in [2.05, 4.69) is 9.98 Å². The molecule has 0 fully saturated rings. The van der Waals surface area contributed by atoms with Crippen LogP contribution in [0.3, 0.4) is 0 Å². The van der Waals surface area contributed by atoms with E-state index < -0.39 is 0 Å². The van der Waals surface area contributed by atoms with Gasteiger partial charge in [-0.2, -0.15) is 0 Å². The first-order valence-corrected chi connectivity index (χ1v) is 5.01. The second kappa shape index (κ2) is 4.57. The molecule has 0 aliphatic rings. The molecule has 1 heterocycles. The van der Waals surface area contributed by atoms with Crippen molar-refractivity contribution >= 4 is 11.9 Å². The minimum atomic E-state index is 0.187. The first kappa shape index (κ1) is 10.4. The van der Waals surface area contributed by atoms with Crippen molar-refractivity contribution in [2.45, 2.75) is 6.92 Å². The van der Waals surface area contributed by atoms with E-state index in [1.807, 2.05) is 31.2 Å². The van der Waals surface area contributed by atoms with Gasteiger partial charge in [-0.15, -0.1) is 0 Å². The largest absolute Gasteiger partial charge is 0.506 e. The second-order valence-corrected chi connectivity index (χ2v) is 3.46. The van der Waals surface area contributed by atoms with Gasteiger partial charge in [-0.1, -0.05) is 18.2 Å². The van der Waals surface area contributed by atoms with E-state index >= 15 is 0 Å². The summed E-state index contributed by atoms with van der Waals surface area (Å²) in [5, 5.41) is 9.64. The predicted molar refractivity (Wildman–Crippen MR) is 64.3 cm³/mol. The van der Waals surface area contributed by atoms with Crippen LogP contribution < -0.4 is 0 Å². The summed E-state index contributed by atoms with van der Waals surface area (Å²) >= 11 is 0.